The number of rotatable bonds is 4. The molecule has 0 radical (unpaired) electrons. The van der Waals surface area contributed by atoms with E-state index in [1.807, 2.05) is 22.9 Å². The van der Waals surface area contributed by atoms with Crippen molar-refractivity contribution < 1.29 is 13.2 Å². The highest BCUT2D eigenvalue weighted by Gasteiger charge is 2.30. The van der Waals surface area contributed by atoms with E-state index in [9.17, 15) is 13.2 Å². The molecular weight excluding hydrogens is 354 g/mol. The van der Waals surface area contributed by atoms with Crippen LogP contribution in [0.5, 0.6) is 0 Å². The Morgan fingerprint density at radius 2 is 2.26 bits per heavy atom. The molecule has 1 aliphatic rings. The Labute approximate surface area is 143 Å². The Morgan fingerprint density at radius 1 is 1.43 bits per heavy atom. The molecule has 1 atom stereocenters. The van der Waals surface area contributed by atoms with E-state index in [0.717, 1.165) is 10.6 Å². The number of thiophene rings is 1. The number of nitrogens with one attached hydrogen (secondary N) is 1. The van der Waals surface area contributed by atoms with Crippen LogP contribution in [-0.4, -0.2) is 43.0 Å². The predicted molar refractivity (Wildman–Crippen MR) is 93.2 cm³/mol. The average molecular weight is 372 g/mol. The van der Waals surface area contributed by atoms with Crippen molar-refractivity contribution in [2.75, 3.05) is 24.7 Å². The van der Waals surface area contributed by atoms with Gasteiger partial charge in [0.1, 0.15) is 0 Å². The number of aromatic nitrogens is 1. The van der Waals surface area contributed by atoms with E-state index < -0.39 is 10.0 Å². The molecule has 23 heavy (non-hydrogen) atoms. The molecule has 0 bridgehead atoms. The molecule has 2 aromatic rings. The summed E-state index contributed by atoms with van der Waals surface area (Å²) in [6.45, 7) is 0.732. The molecule has 9 heteroatoms. The molecule has 0 aromatic carbocycles. The minimum absolute atomic E-state index is 0.162. The molecule has 0 spiro atoms. The lowest BCUT2D eigenvalue weighted by Gasteiger charge is -2.29. The van der Waals surface area contributed by atoms with Gasteiger partial charge in [0, 0.05) is 18.5 Å². The number of carbonyl (C=O) groups is 1. The maximum absolute atomic E-state index is 12.4. The number of hydrogen-bond acceptors (Lipinski definition) is 6. The van der Waals surface area contributed by atoms with Crippen LogP contribution >= 0.6 is 22.7 Å². The highest BCUT2D eigenvalue weighted by atomic mass is 32.2. The monoisotopic (exact) mass is 371 g/mol. The first-order valence-electron chi connectivity index (χ1n) is 7.19. The molecule has 2 aromatic heterocycles. The van der Waals surface area contributed by atoms with Gasteiger partial charge in [0.2, 0.25) is 15.9 Å². The van der Waals surface area contributed by atoms with Crippen LogP contribution in [0.25, 0.3) is 10.6 Å². The Hall–Kier alpha value is -1.29. The second-order valence-electron chi connectivity index (χ2n) is 5.46. The van der Waals surface area contributed by atoms with Gasteiger partial charge < -0.3 is 5.32 Å². The van der Waals surface area contributed by atoms with Crippen LogP contribution in [0.4, 0.5) is 5.13 Å². The van der Waals surface area contributed by atoms with Gasteiger partial charge in [-0.2, -0.15) is 0 Å². The molecule has 1 amide bonds. The molecule has 0 saturated carbocycles. The van der Waals surface area contributed by atoms with E-state index >= 15 is 0 Å². The SMILES string of the molecule is CS(=O)(=O)N1CCC[C@@H](C(=O)Nc2nc(-c3cccs3)cs2)C1. The highest BCUT2D eigenvalue weighted by molar-refractivity contribution is 7.88. The van der Waals surface area contributed by atoms with Gasteiger partial charge >= 0.3 is 0 Å². The zero-order valence-corrected chi connectivity index (χ0v) is 15.0. The Balaban J connectivity index is 1.65. The molecule has 1 saturated heterocycles. The van der Waals surface area contributed by atoms with E-state index in [1.165, 1.54) is 21.9 Å². The van der Waals surface area contributed by atoms with E-state index in [0.29, 0.717) is 24.5 Å². The molecule has 3 rings (SSSR count). The minimum Gasteiger partial charge on any atom is -0.302 e. The van der Waals surface area contributed by atoms with E-state index in [-0.39, 0.29) is 18.4 Å². The first-order valence-corrected chi connectivity index (χ1v) is 10.8. The summed E-state index contributed by atoms with van der Waals surface area (Å²) >= 11 is 2.98. The van der Waals surface area contributed by atoms with Crippen LogP contribution in [0, 0.1) is 5.92 Å². The van der Waals surface area contributed by atoms with Crippen molar-refractivity contribution in [3.63, 3.8) is 0 Å². The van der Waals surface area contributed by atoms with Gasteiger partial charge in [-0.15, -0.1) is 22.7 Å². The van der Waals surface area contributed by atoms with Gasteiger partial charge in [-0.05, 0) is 24.3 Å². The van der Waals surface area contributed by atoms with Crippen molar-refractivity contribution in [3.05, 3.63) is 22.9 Å². The van der Waals surface area contributed by atoms with Crippen LogP contribution in [0.1, 0.15) is 12.8 Å². The van der Waals surface area contributed by atoms with E-state index in [4.69, 9.17) is 0 Å². The summed E-state index contributed by atoms with van der Waals surface area (Å²) in [6, 6.07) is 3.94. The number of carbonyl (C=O) groups excluding carboxylic acids is 1. The Bertz CT molecular complexity index is 783. The van der Waals surface area contributed by atoms with Crippen molar-refractivity contribution in [2.45, 2.75) is 12.8 Å². The second-order valence-corrected chi connectivity index (χ2v) is 9.25. The van der Waals surface area contributed by atoms with Gasteiger partial charge in [0.25, 0.3) is 0 Å². The maximum Gasteiger partial charge on any atom is 0.230 e. The summed E-state index contributed by atoms with van der Waals surface area (Å²) < 4.78 is 24.6. The van der Waals surface area contributed by atoms with Crippen molar-refractivity contribution in [1.82, 2.24) is 9.29 Å². The lowest BCUT2D eigenvalue weighted by atomic mass is 9.99. The maximum atomic E-state index is 12.4. The van der Waals surface area contributed by atoms with Crippen LogP contribution < -0.4 is 5.32 Å². The standard InChI is InChI=1S/C14H17N3O3S3/c1-23(19,20)17-6-2-4-10(8-17)13(18)16-14-15-11(9-22-14)12-5-3-7-21-12/h3,5,7,9-10H,2,4,6,8H2,1H3,(H,15,16,18)/t10-/m1/s1. The smallest absolute Gasteiger partial charge is 0.230 e. The first-order chi connectivity index (χ1) is 10.9. The molecule has 0 unspecified atom stereocenters. The summed E-state index contributed by atoms with van der Waals surface area (Å²) in [6.07, 6.45) is 2.58. The Morgan fingerprint density at radius 3 is 2.96 bits per heavy atom. The largest absolute Gasteiger partial charge is 0.302 e. The molecule has 1 aliphatic heterocycles. The predicted octanol–water partition coefficient (Wildman–Crippen LogP) is 2.48. The summed E-state index contributed by atoms with van der Waals surface area (Å²) in [5.41, 5.74) is 0.849. The zero-order valence-electron chi connectivity index (χ0n) is 12.6. The lowest BCUT2D eigenvalue weighted by Crippen LogP contribution is -2.43. The number of nitrogens with zero attached hydrogens (tertiary/aromatic N) is 2. The molecule has 0 aliphatic carbocycles. The van der Waals surface area contributed by atoms with Crippen molar-refractivity contribution >= 4 is 43.7 Å². The molecule has 1 fully saturated rings. The average Bonchev–Trinajstić information content (AvgIpc) is 3.17. The number of thiazole rings is 1. The molecule has 124 valence electrons. The molecule has 1 N–H and O–H groups in total. The third kappa shape index (κ3) is 3.97. The normalized spacial score (nSPS) is 19.6. The van der Waals surface area contributed by atoms with Crippen molar-refractivity contribution in [3.8, 4) is 10.6 Å². The quantitative estimate of drug-likeness (QED) is 0.895. The van der Waals surface area contributed by atoms with Crippen molar-refractivity contribution in [1.29, 1.82) is 0 Å². The van der Waals surface area contributed by atoms with E-state index in [1.54, 1.807) is 11.3 Å². The van der Waals surface area contributed by atoms with Gasteiger partial charge in [-0.1, -0.05) is 6.07 Å². The third-order valence-electron chi connectivity index (χ3n) is 3.73. The summed E-state index contributed by atoms with van der Waals surface area (Å²) in [7, 11) is -3.25. The second kappa shape index (κ2) is 6.68. The summed E-state index contributed by atoms with van der Waals surface area (Å²) in [4.78, 5) is 17.9. The lowest BCUT2D eigenvalue weighted by molar-refractivity contribution is -0.120. The number of hydrogen-bond donors (Lipinski definition) is 1. The third-order valence-corrected chi connectivity index (χ3v) is 6.65. The van der Waals surface area contributed by atoms with Crippen LogP contribution in [0.15, 0.2) is 22.9 Å². The van der Waals surface area contributed by atoms with Crippen LogP contribution in [0.3, 0.4) is 0 Å². The number of amides is 1. The number of sulfonamides is 1. The number of piperidine rings is 1. The van der Waals surface area contributed by atoms with Gasteiger partial charge in [-0.25, -0.2) is 17.7 Å². The van der Waals surface area contributed by atoms with Gasteiger partial charge in [-0.3, -0.25) is 4.79 Å². The van der Waals surface area contributed by atoms with Crippen molar-refractivity contribution in [2.24, 2.45) is 5.92 Å². The van der Waals surface area contributed by atoms with Gasteiger partial charge in [0.05, 0.1) is 22.7 Å². The van der Waals surface area contributed by atoms with Crippen LogP contribution in [-0.2, 0) is 14.8 Å². The Kier molecular flexibility index (Phi) is 4.81. The fourth-order valence-corrected chi connectivity index (χ4v) is 4.92. The fourth-order valence-electron chi connectivity index (χ4n) is 2.53. The highest BCUT2D eigenvalue weighted by Crippen LogP contribution is 2.29. The molecule has 6 nitrogen and oxygen atoms in total. The summed E-state index contributed by atoms with van der Waals surface area (Å²) in [5.74, 6) is -0.488. The zero-order chi connectivity index (χ0) is 16.4. The topological polar surface area (TPSA) is 79.4 Å². The minimum atomic E-state index is -3.25. The first kappa shape index (κ1) is 16.6. The molecule has 3 heterocycles. The molecular formula is C14H17N3O3S3. The van der Waals surface area contributed by atoms with Crippen LogP contribution in [0.2, 0.25) is 0 Å². The fraction of sp³-hybridized carbons (Fsp3) is 0.429. The van der Waals surface area contributed by atoms with Gasteiger partial charge in [0.15, 0.2) is 5.13 Å². The number of anilines is 1. The summed E-state index contributed by atoms with van der Waals surface area (Å²) in [5, 5.41) is 7.26. The van der Waals surface area contributed by atoms with E-state index in [2.05, 4.69) is 10.3 Å².